The number of carbonyl (C=O) groups is 1. The van der Waals surface area contributed by atoms with Gasteiger partial charge in [0.15, 0.2) is 5.82 Å². The first-order chi connectivity index (χ1) is 10.8. The fraction of sp³-hybridized carbons (Fsp3) is 0.286. The van der Waals surface area contributed by atoms with Crippen LogP contribution in [0.1, 0.15) is 13.8 Å². The molecule has 2 rings (SSSR count). The second-order valence-electron chi connectivity index (χ2n) is 4.62. The van der Waals surface area contributed by atoms with E-state index in [1.807, 2.05) is 0 Å². The Bertz CT molecular complexity index is 832. The molecule has 124 valence electrons. The second kappa shape index (κ2) is 6.67. The van der Waals surface area contributed by atoms with Crippen LogP contribution in [0, 0.1) is 5.82 Å². The lowest BCUT2D eigenvalue weighted by molar-refractivity contribution is 0.201. The fourth-order valence-electron chi connectivity index (χ4n) is 2.02. The van der Waals surface area contributed by atoms with Crippen molar-refractivity contribution in [3.05, 3.63) is 41.3 Å². The molecule has 0 atom stereocenters. The van der Waals surface area contributed by atoms with Crippen LogP contribution in [0.4, 0.5) is 9.18 Å². The molecule has 23 heavy (non-hydrogen) atoms. The van der Waals surface area contributed by atoms with Gasteiger partial charge in [0.2, 0.25) is 14.9 Å². The average Bonchev–Trinajstić information content (AvgIpc) is 2.91. The zero-order valence-electron chi connectivity index (χ0n) is 12.5. The van der Waals surface area contributed by atoms with E-state index in [0.29, 0.717) is 17.8 Å². The van der Waals surface area contributed by atoms with Crippen molar-refractivity contribution in [1.82, 2.24) is 14.7 Å². The van der Waals surface area contributed by atoms with Crippen molar-refractivity contribution < 1.29 is 17.6 Å². The van der Waals surface area contributed by atoms with E-state index in [0.717, 1.165) is 6.20 Å². The molecule has 0 unspecified atom stereocenters. The van der Waals surface area contributed by atoms with Gasteiger partial charge in [0.25, 0.3) is 0 Å². The Balaban J connectivity index is 2.50. The predicted molar refractivity (Wildman–Crippen MR) is 82.8 cm³/mol. The largest absolute Gasteiger partial charge is 0.344 e. The molecule has 0 spiro atoms. The van der Waals surface area contributed by atoms with Gasteiger partial charge in [-0.1, -0.05) is 23.7 Å². The predicted octanol–water partition coefficient (Wildman–Crippen LogP) is 2.82. The molecule has 1 aromatic carbocycles. The fourth-order valence-corrected chi connectivity index (χ4v) is 3.76. The molecular weight excluding hydrogens is 345 g/mol. The number of nitrogens with zero attached hydrogens (tertiary/aromatic N) is 3. The van der Waals surface area contributed by atoms with Gasteiger partial charge in [-0.05, 0) is 26.0 Å². The van der Waals surface area contributed by atoms with Gasteiger partial charge >= 0.3 is 6.03 Å². The molecule has 2 aromatic rings. The van der Waals surface area contributed by atoms with Crippen LogP contribution in [0.3, 0.4) is 0 Å². The number of benzene rings is 1. The van der Waals surface area contributed by atoms with E-state index in [1.54, 1.807) is 19.9 Å². The maximum atomic E-state index is 14.1. The van der Waals surface area contributed by atoms with Crippen LogP contribution in [0.5, 0.6) is 0 Å². The molecule has 1 aromatic heterocycles. The quantitative estimate of drug-likeness (QED) is 0.841. The second-order valence-corrected chi connectivity index (χ2v) is 6.86. The zero-order chi connectivity index (χ0) is 17.2. The summed E-state index contributed by atoms with van der Waals surface area (Å²) in [5, 5.41) is 2.75. The number of hydrogen-bond donors (Lipinski definition) is 0. The minimum Gasteiger partial charge on any atom is -0.323 e. The molecule has 0 bridgehead atoms. The van der Waals surface area contributed by atoms with Crippen LogP contribution in [0.15, 0.2) is 40.4 Å². The lowest BCUT2D eigenvalue weighted by atomic mass is 10.4. The van der Waals surface area contributed by atoms with E-state index in [-0.39, 0.29) is 9.92 Å². The number of sulfone groups is 1. The summed E-state index contributed by atoms with van der Waals surface area (Å²) in [6.45, 7) is 4.29. The number of amides is 1. The van der Waals surface area contributed by atoms with Gasteiger partial charge in [-0.3, -0.25) is 0 Å². The lowest BCUT2D eigenvalue weighted by Crippen LogP contribution is -2.34. The third-order valence-electron chi connectivity index (χ3n) is 3.25. The molecule has 0 saturated carbocycles. The van der Waals surface area contributed by atoms with Crippen molar-refractivity contribution in [1.29, 1.82) is 0 Å². The molecule has 6 nitrogen and oxygen atoms in total. The monoisotopic (exact) mass is 359 g/mol. The molecule has 0 aliphatic carbocycles. The highest BCUT2D eigenvalue weighted by Gasteiger charge is 2.29. The smallest absolute Gasteiger partial charge is 0.323 e. The summed E-state index contributed by atoms with van der Waals surface area (Å²) in [5.41, 5.74) is 0. The Morgan fingerprint density at radius 2 is 1.91 bits per heavy atom. The molecule has 0 aliphatic rings. The first kappa shape index (κ1) is 17.4. The van der Waals surface area contributed by atoms with Gasteiger partial charge in [0.05, 0.1) is 16.1 Å². The Hall–Kier alpha value is -1.93. The van der Waals surface area contributed by atoms with Crippen molar-refractivity contribution >= 4 is 27.5 Å². The van der Waals surface area contributed by atoms with Gasteiger partial charge in [-0.2, -0.15) is 4.68 Å². The van der Waals surface area contributed by atoms with Crippen LogP contribution >= 0.6 is 11.6 Å². The average molecular weight is 360 g/mol. The van der Waals surface area contributed by atoms with Crippen molar-refractivity contribution in [2.24, 2.45) is 0 Å². The van der Waals surface area contributed by atoms with Crippen LogP contribution in [0.2, 0.25) is 5.02 Å². The molecule has 0 N–H and O–H groups in total. The molecular formula is C14H15ClFN3O3S. The number of rotatable bonds is 4. The van der Waals surface area contributed by atoms with Crippen molar-refractivity contribution in [2.45, 2.75) is 23.8 Å². The number of halogens is 2. The van der Waals surface area contributed by atoms with Crippen LogP contribution in [-0.4, -0.2) is 42.2 Å². The van der Waals surface area contributed by atoms with E-state index in [1.165, 1.54) is 23.1 Å². The molecule has 9 heteroatoms. The highest BCUT2D eigenvalue weighted by Crippen LogP contribution is 2.27. The van der Waals surface area contributed by atoms with Crippen LogP contribution in [0.25, 0.3) is 0 Å². The summed E-state index contributed by atoms with van der Waals surface area (Å²) in [5.74, 6) is -1.11. The first-order valence-electron chi connectivity index (χ1n) is 6.87. The normalized spacial score (nSPS) is 11.5. The van der Waals surface area contributed by atoms with E-state index in [4.69, 9.17) is 11.6 Å². The summed E-state index contributed by atoms with van der Waals surface area (Å²) in [6.07, 6.45) is 0.754. The van der Waals surface area contributed by atoms with Gasteiger partial charge in [-0.15, -0.1) is 5.10 Å². The standard InChI is InChI=1S/C14H15ClFN3O3S/c1-3-18(4-2)14(20)19-9-11(16)13(17-19)23(21,22)12-8-6-5-7-10(12)15/h5-9H,3-4H2,1-2H3. The SMILES string of the molecule is CCN(CC)C(=O)n1cc(F)c(S(=O)(=O)c2ccccc2Cl)n1. The van der Waals surface area contributed by atoms with E-state index < -0.39 is 26.7 Å². The third kappa shape index (κ3) is 3.23. The Labute approximate surface area is 138 Å². The zero-order valence-corrected chi connectivity index (χ0v) is 14.1. The van der Waals surface area contributed by atoms with Crippen LogP contribution in [-0.2, 0) is 9.84 Å². The van der Waals surface area contributed by atoms with Gasteiger partial charge in [0, 0.05) is 13.1 Å². The minimum atomic E-state index is -4.26. The summed E-state index contributed by atoms with van der Waals surface area (Å²) >= 11 is 5.86. The number of hydrogen-bond acceptors (Lipinski definition) is 4. The summed E-state index contributed by atoms with van der Waals surface area (Å²) in [7, 11) is -4.26. The lowest BCUT2D eigenvalue weighted by Gasteiger charge is -2.17. The highest BCUT2D eigenvalue weighted by atomic mass is 35.5. The first-order valence-corrected chi connectivity index (χ1v) is 8.73. The third-order valence-corrected chi connectivity index (χ3v) is 5.41. The minimum absolute atomic E-state index is 0.0449. The summed E-state index contributed by atoms with van der Waals surface area (Å²) < 4.78 is 39.8. The van der Waals surface area contributed by atoms with E-state index >= 15 is 0 Å². The Kier molecular flexibility index (Phi) is 5.06. The van der Waals surface area contributed by atoms with Gasteiger partial charge in [0.1, 0.15) is 0 Å². The molecule has 0 aliphatic heterocycles. The maximum Gasteiger partial charge on any atom is 0.344 e. The highest BCUT2D eigenvalue weighted by molar-refractivity contribution is 7.91. The Morgan fingerprint density at radius 1 is 1.30 bits per heavy atom. The van der Waals surface area contributed by atoms with E-state index in [2.05, 4.69) is 5.10 Å². The van der Waals surface area contributed by atoms with E-state index in [9.17, 15) is 17.6 Å². The number of aromatic nitrogens is 2. The summed E-state index contributed by atoms with van der Waals surface area (Å²) in [6, 6.07) is 5.05. The Morgan fingerprint density at radius 3 is 2.48 bits per heavy atom. The molecule has 0 fully saturated rings. The van der Waals surface area contributed by atoms with Crippen LogP contribution < -0.4 is 0 Å². The molecule has 0 saturated heterocycles. The van der Waals surface area contributed by atoms with Crippen molar-refractivity contribution in [2.75, 3.05) is 13.1 Å². The maximum absolute atomic E-state index is 14.1. The summed E-state index contributed by atoms with van der Waals surface area (Å²) in [4.78, 5) is 13.3. The van der Waals surface area contributed by atoms with Gasteiger partial charge in [-0.25, -0.2) is 17.6 Å². The van der Waals surface area contributed by atoms with Crippen molar-refractivity contribution in [3.8, 4) is 0 Å². The number of carbonyl (C=O) groups excluding carboxylic acids is 1. The van der Waals surface area contributed by atoms with Crippen molar-refractivity contribution in [3.63, 3.8) is 0 Å². The molecule has 1 amide bonds. The topological polar surface area (TPSA) is 72.3 Å². The molecule has 0 radical (unpaired) electrons. The van der Waals surface area contributed by atoms with Gasteiger partial charge < -0.3 is 4.90 Å². The molecule has 1 heterocycles.